The minimum atomic E-state index is -0.286. The van der Waals surface area contributed by atoms with Gasteiger partial charge in [-0.2, -0.15) is 0 Å². The van der Waals surface area contributed by atoms with Gasteiger partial charge in [-0.3, -0.25) is 4.79 Å². The van der Waals surface area contributed by atoms with Gasteiger partial charge in [0.05, 0.1) is 19.6 Å². The zero-order valence-electron chi connectivity index (χ0n) is 11.2. The highest BCUT2D eigenvalue weighted by Crippen LogP contribution is 2.19. The van der Waals surface area contributed by atoms with Crippen LogP contribution in [0.15, 0.2) is 30.3 Å². The van der Waals surface area contributed by atoms with Crippen molar-refractivity contribution in [2.75, 3.05) is 20.7 Å². The number of benzene rings is 1. The Morgan fingerprint density at radius 2 is 2.05 bits per heavy atom. The van der Waals surface area contributed by atoms with Crippen LogP contribution in [0.3, 0.4) is 0 Å². The van der Waals surface area contributed by atoms with Crippen LogP contribution in [0.25, 0.3) is 0 Å². The first-order chi connectivity index (χ1) is 9.11. The summed E-state index contributed by atoms with van der Waals surface area (Å²) in [6.45, 7) is 1.13. The van der Waals surface area contributed by atoms with E-state index in [1.54, 1.807) is 16.8 Å². The molecule has 19 heavy (non-hydrogen) atoms. The zero-order chi connectivity index (χ0) is 13.8. The monoisotopic (exact) mass is 262 g/mol. The summed E-state index contributed by atoms with van der Waals surface area (Å²) in [4.78, 5) is 26.8. The largest absolute Gasteiger partial charge is 0.469 e. The molecule has 0 saturated carbocycles. The predicted molar refractivity (Wildman–Crippen MR) is 70.4 cm³/mol. The Morgan fingerprint density at radius 1 is 1.37 bits per heavy atom. The van der Waals surface area contributed by atoms with Gasteiger partial charge in [-0.1, -0.05) is 30.3 Å². The van der Waals surface area contributed by atoms with Crippen LogP contribution in [0.1, 0.15) is 12.0 Å². The molecule has 102 valence electrons. The second-order valence-corrected chi connectivity index (χ2v) is 4.69. The maximum atomic E-state index is 12.1. The fraction of sp³-hybridized carbons (Fsp3) is 0.429. The van der Waals surface area contributed by atoms with Crippen molar-refractivity contribution in [1.82, 2.24) is 9.80 Å². The molecule has 5 heteroatoms. The van der Waals surface area contributed by atoms with Gasteiger partial charge in [0, 0.05) is 20.1 Å². The van der Waals surface area contributed by atoms with E-state index in [0.29, 0.717) is 13.1 Å². The number of amides is 2. The van der Waals surface area contributed by atoms with Crippen molar-refractivity contribution in [3.8, 4) is 0 Å². The van der Waals surface area contributed by atoms with E-state index in [2.05, 4.69) is 4.74 Å². The van der Waals surface area contributed by atoms with Crippen molar-refractivity contribution >= 4 is 12.0 Å². The topological polar surface area (TPSA) is 49.9 Å². The summed E-state index contributed by atoms with van der Waals surface area (Å²) in [6, 6.07) is 9.67. The molecule has 1 fully saturated rings. The number of carbonyl (C=O) groups excluding carboxylic acids is 2. The highest BCUT2D eigenvalue weighted by Gasteiger charge is 2.35. The van der Waals surface area contributed by atoms with Gasteiger partial charge in [0.15, 0.2) is 0 Å². The van der Waals surface area contributed by atoms with E-state index in [4.69, 9.17) is 0 Å². The summed E-state index contributed by atoms with van der Waals surface area (Å²) in [7, 11) is 3.09. The summed E-state index contributed by atoms with van der Waals surface area (Å²) >= 11 is 0. The predicted octanol–water partition coefficient (Wildman–Crippen LogP) is 1.49. The van der Waals surface area contributed by atoms with Crippen LogP contribution in [-0.4, -0.2) is 48.5 Å². The number of urea groups is 1. The summed E-state index contributed by atoms with van der Waals surface area (Å²) in [5.41, 5.74) is 1.09. The third kappa shape index (κ3) is 3.05. The molecule has 0 bridgehead atoms. The molecule has 2 rings (SSSR count). The van der Waals surface area contributed by atoms with Crippen LogP contribution < -0.4 is 0 Å². The van der Waals surface area contributed by atoms with Gasteiger partial charge in [0.25, 0.3) is 0 Å². The third-order valence-electron chi connectivity index (χ3n) is 3.40. The van der Waals surface area contributed by atoms with Crippen molar-refractivity contribution in [1.29, 1.82) is 0 Å². The molecule has 1 aromatic carbocycles. The fourth-order valence-electron chi connectivity index (χ4n) is 2.25. The number of rotatable bonds is 4. The smallest absolute Gasteiger partial charge is 0.320 e. The normalized spacial score (nSPS) is 18.8. The Morgan fingerprint density at radius 3 is 2.68 bits per heavy atom. The number of carbonyl (C=O) groups is 2. The number of esters is 1. The lowest BCUT2D eigenvalue weighted by molar-refractivity contribution is -0.141. The number of hydrogen-bond donors (Lipinski definition) is 0. The van der Waals surface area contributed by atoms with Crippen LogP contribution in [0.2, 0.25) is 0 Å². The van der Waals surface area contributed by atoms with E-state index in [0.717, 1.165) is 5.56 Å². The SMILES string of the molecule is COC(=O)CC1CN(Cc2ccccc2)C(=O)N1C. The van der Waals surface area contributed by atoms with Crippen molar-refractivity contribution < 1.29 is 14.3 Å². The van der Waals surface area contributed by atoms with Gasteiger partial charge in [0.1, 0.15) is 0 Å². The maximum absolute atomic E-state index is 12.1. The molecule has 1 aliphatic rings. The molecule has 2 amide bonds. The van der Waals surface area contributed by atoms with Gasteiger partial charge in [0.2, 0.25) is 0 Å². The van der Waals surface area contributed by atoms with Gasteiger partial charge >= 0.3 is 12.0 Å². The number of hydrogen-bond acceptors (Lipinski definition) is 3. The summed E-state index contributed by atoms with van der Waals surface area (Å²) in [6.07, 6.45) is 0.240. The Bertz CT molecular complexity index is 461. The summed E-state index contributed by atoms with van der Waals surface area (Å²) < 4.78 is 4.65. The fourth-order valence-corrected chi connectivity index (χ4v) is 2.25. The van der Waals surface area contributed by atoms with E-state index in [1.807, 2.05) is 30.3 Å². The lowest BCUT2D eigenvalue weighted by atomic mass is 10.2. The highest BCUT2D eigenvalue weighted by molar-refractivity contribution is 5.79. The molecule has 1 unspecified atom stereocenters. The summed E-state index contributed by atoms with van der Waals surface area (Å²) in [5.74, 6) is -0.286. The van der Waals surface area contributed by atoms with E-state index in [1.165, 1.54) is 7.11 Å². The molecule has 1 saturated heterocycles. The van der Waals surface area contributed by atoms with E-state index < -0.39 is 0 Å². The zero-order valence-corrected chi connectivity index (χ0v) is 11.2. The van der Waals surface area contributed by atoms with E-state index >= 15 is 0 Å². The average molecular weight is 262 g/mol. The van der Waals surface area contributed by atoms with Gasteiger partial charge < -0.3 is 14.5 Å². The first-order valence-corrected chi connectivity index (χ1v) is 6.24. The maximum Gasteiger partial charge on any atom is 0.320 e. The Hall–Kier alpha value is -2.04. The molecular weight excluding hydrogens is 244 g/mol. The first kappa shape index (κ1) is 13.4. The van der Waals surface area contributed by atoms with Crippen LogP contribution in [0, 0.1) is 0 Å². The molecule has 1 heterocycles. The van der Waals surface area contributed by atoms with E-state index in [9.17, 15) is 9.59 Å². The Balaban J connectivity index is 2.00. The molecule has 1 aliphatic heterocycles. The molecule has 0 radical (unpaired) electrons. The lowest BCUT2D eigenvalue weighted by Crippen LogP contribution is -2.32. The molecule has 5 nitrogen and oxygen atoms in total. The minimum absolute atomic E-state index is 0.0437. The summed E-state index contributed by atoms with van der Waals surface area (Å²) in [5, 5.41) is 0. The van der Waals surface area contributed by atoms with Gasteiger partial charge in [-0.25, -0.2) is 4.79 Å². The second kappa shape index (κ2) is 5.73. The molecule has 0 N–H and O–H groups in total. The highest BCUT2D eigenvalue weighted by atomic mass is 16.5. The number of methoxy groups -OCH3 is 1. The molecule has 0 aromatic heterocycles. The number of ether oxygens (including phenoxy) is 1. The second-order valence-electron chi connectivity index (χ2n) is 4.69. The quantitative estimate of drug-likeness (QED) is 0.772. The van der Waals surface area contributed by atoms with Crippen molar-refractivity contribution in [3.05, 3.63) is 35.9 Å². The molecule has 0 aliphatic carbocycles. The molecule has 0 spiro atoms. The van der Waals surface area contributed by atoms with Crippen molar-refractivity contribution in [2.24, 2.45) is 0 Å². The van der Waals surface area contributed by atoms with Crippen molar-refractivity contribution in [2.45, 2.75) is 19.0 Å². The van der Waals surface area contributed by atoms with Crippen LogP contribution in [-0.2, 0) is 16.1 Å². The third-order valence-corrected chi connectivity index (χ3v) is 3.40. The Kier molecular flexibility index (Phi) is 4.04. The first-order valence-electron chi connectivity index (χ1n) is 6.24. The van der Waals surface area contributed by atoms with Crippen LogP contribution in [0.5, 0.6) is 0 Å². The number of nitrogens with zero attached hydrogens (tertiary/aromatic N) is 2. The van der Waals surface area contributed by atoms with Crippen LogP contribution >= 0.6 is 0 Å². The van der Waals surface area contributed by atoms with Gasteiger partial charge in [-0.05, 0) is 5.56 Å². The number of likely N-dealkylation sites (N-methyl/N-ethyl adjacent to an activating group) is 1. The Labute approximate surface area is 112 Å². The lowest BCUT2D eigenvalue weighted by Gasteiger charge is -2.16. The minimum Gasteiger partial charge on any atom is -0.469 e. The molecular formula is C14H18N2O3. The van der Waals surface area contributed by atoms with Crippen molar-refractivity contribution in [3.63, 3.8) is 0 Å². The molecule has 1 aromatic rings. The molecule has 1 atom stereocenters. The standard InChI is InChI=1S/C14H18N2O3/c1-15-12(8-13(17)19-2)10-16(14(15)18)9-11-6-4-3-5-7-11/h3-7,12H,8-10H2,1-2H3. The van der Waals surface area contributed by atoms with Gasteiger partial charge in [-0.15, -0.1) is 0 Å². The van der Waals surface area contributed by atoms with E-state index in [-0.39, 0.29) is 24.5 Å². The average Bonchev–Trinajstić information content (AvgIpc) is 2.68. The van der Waals surface area contributed by atoms with Crippen LogP contribution in [0.4, 0.5) is 4.79 Å².